The summed E-state index contributed by atoms with van der Waals surface area (Å²) in [6.45, 7) is 0. The molecule has 0 unspecified atom stereocenters. The van der Waals surface area contributed by atoms with Gasteiger partial charge < -0.3 is 15.1 Å². The molecule has 106 valence electrons. The van der Waals surface area contributed by atoms with Crippen molar-refractivity contribution in [2.24, 2.45) is 0 Å². The second kappa shape index (κ2) is 6.30. The third kappa shape index (κ3) is 4.00. The lowest BCUT2D eigenvalue weighted by molar-refractivity contribution is 0.0914. The van der Waals surface area contributed by atoms with Crippen molar-refractivity contribution >= 4 is 46.7 Å². The second-order valence-electron chi connectivity index (χ2n) is 3.64. The fourth-order valence-electron chi connectivity index (χ4n) is 1.31. The first-order valence-electron chi connectivity index (χ1n) is 5.41. The number of carbonyl (C=O) groups excluding carboxylic acids is 1. The lowest BCUT2D eigenvalue weighted by Gasteiger charge is -2.25. The van der Waals surface area contributed by atoms with Crippen LogP contribution in [0.3, 0.4) is 0 Å². The first-order valence-corrected chi connectivity index (χ1v) is 6.55. The molecule has 0 saturated heterocycles. The molecule has 6 nitrogen and oxygen atoms in total. The average Bonchev–Trinajstić information content (AvgIpc) is 2.92. The van der Waals surface area contributed by atoms with Crippen LogP contribution < -0.4 is 10.6 Å². The van der Waals surface area contributed by atoms with Crippen LogP contribution in [-0.2, 0) is 0 Å². The highest BCUT2D eigenvalue weighted by atomic mass is 35.6. The molecule has 0 fully saturated rings. The number of halogens is 3. The smallest absolute Gasteiger partial charge is 0.288 e. The molecule has 0 aliphatic carbocycles. The van der Waals surface area contributed by atoms with Gasteiger partial charge in [-0.25, -0.2) is 9.97 Å². The summed E-state index contributed by atoms with van der Waals surface area (Å²) in [6.07, 6.45) is 3.36. The van der Waals surface area contributed by atoms with Crippen molar-refractivity contribution in [2.75, 3.05) is 5.32 Å². The van der Waals surface area contributed by atoms with Crippen LogP contribution in [0.5, 0.6) is 0 Å². The van der Waals surface area contributed by atoms with Gasteiger partial charge in [0.15, 0.2) is 5.76 Å². The van der Waals surface area contributed by atoms with E-state index in [4.69, 9.17) is 39.2 Å². The number of hydrogen-bond acceptors (Lipinski definition) is 5. The number of aromatic nitrogens is 2. The van der Waals surface area contributed by atoms with Gasteiger partial charge in [0, 0.05) is 12.4 Å². The van der Waals surface area contributed by atoms with Gasteiger partial charge in [-0.05, 0) is 18.2 Å². The van der Waals surface area contributed by atoms with Crippen LogP contribution in [0.2, 0.25) is 0 Å². The Morgan fingerprint density at radius 2 is 1.95 bits per heavy atom. The van der Waals surface area contributed by atoms with E-state index in [0.717, 1.165) is 0 Å². The van der Waals surface area contributed by atoms with Crippen LogP contribution in [0.25, 0.3) is 0 Å². The highest BCUT2D eigenvalue weighted by molar-refractivity contribution is 6.68. The maximum Gasteiger partial charge on any atom is 0.288 e. The molecule has 1 amide bonds. The number of nitrogens with one attached hydrogen (secondary N) is 2. The molecule has 0 radical (unpaired) electrons. The van der Waals surface area contributed by atoms with E-state index in [2.05, 4.69) is 20.6 Å². The fraction of sp³-hybridized carbons (Fsp3) is 0.182. The van der Waals surface area contributed by atoms with E-state index in [1.807, 2.05) is 0 Å². The number of carbonyl (C=O) groups is 1. The summed E-state index contributed by atoms with van der Waals surface area (Å²) < 4.78 is 3.15. The predicted octanol–water partition coefficient (Wildman–Crippen LogP) is 2.61. The molecule has 2 rings (SSSR count). The van der Waals surface area contributed by atoms with Crippen LogP contribution in [0, 0.1) is 0 Å². The molecule has 2 aromatic heterocycles. The van der Waals surface area contributed by atoms with Gasteiger partial charge in [-0.15, -0.1) is 0 Å². The van der Waals surface area contributed by atoms with Crippen LogP contribution in [0.1, 0.15) is 10.6 Å². The van der Waals surface area contributed by atoms with Crippen molar-refractivity contribution in [3.63, 3.8) is 0 Å². The highest BCUT2D eigenvalue weighted by Gasteiger charge is 2.35. The summed E-state index contributed by atoms with van der Waals surface area (Å²) in [4.78, 5) is 19.7. The lowest BCUT2D eigenvalue weighted by Crippen LogP contribution is -2.49. The molecule has 2 heterocycles. The zero-order valence-corrected chi connectivity index (χ0v) is 12.2. The Hall–Kier alpha value is -1.50. The Labute approximate surface area is 129 Å². The van der Waals surface area contributed by atoms with Gasteiger partial charge in [0.25, 0.3) is 5.91 Å². The molecule has 2 N–H and O–H groups in total. The maximum atomic E-state index is 11.9. The molecule has 0 aliphatic heterocycles. The highest BCUT2D eigenvalue weighted by Crippen LogP contribution is 2.30. The molecular formula is C11H9Cl3N4O2. The SMILES string of the molecule is O=C(N[C@@H](Nc1ncccn1)C(Cl)(Cl)Cl)c1ccco1. The van der Waals surface area contributed by atoms with Crippen molar-refractivity contribution < 1.29 is 9.21 Å². The summed E-state index contributed by atoms with van der Waals surface area (Å²) in [7, 11) is 0. The van der Waals surface area contributed by atoms with E-state index >= 15 is 0 Å². The largest absolute Gasteiger partial charge is 0.459 e. The van der Waals surface area contributed by atoms with E-state index < -0.39 is 15.9 Å². The Kier molecular flexibility index (Phi) is 4.69. The number of furan rings is 1. The van der Waals surface area contributed by atoms with Gasteiger partial charge in [-0.3, -0.25) is 4.79 Å². The summed E-state index contributed by atoms with van der Waals surface area (Å²) in [5, 5.41) is 5.21. The number of anilines is 1. The Bertz CT molecular complexity index is 557. The Morgan fingerprint density at radius 1 is 1.25 bits per heavy atom. The van der Waals surface area contributed by atoms with Gasteiger partial charge in [0.2, 0.25) is 9.74 Å². The van der Waals surface area contributed by atoms with Gasteiger partial charge in [-0.2, -0.15) is 0 Å². The minimum atomic E-state index is -1.80. The van der Waals surface area contributed by atoms with Gasteiger partial charge >= 0.3 is 0 Å². The van der Waals surface area contributed by atoms with Gasteiger partial charge in [0.05, 0.1) is 6.26 Å². The molecule has 2 aromatic rings. The molecule has 0 spiro atoms. The van der Waals surface area contributed by atoms with Crippen molar-refractivity contribution in [1.82, 2.24) is 15.3 Å². The molecule has 0 aromatic carbocycles. The van der Waals surface area contributed by atoms with E-state index in [1.165, 1.54) is 24.7 Å². The topological polar surface area (TPSA) is 80.0 Å². The zero-order chi connectivity index (χ0) is 14.6. The third-order valence-electron chi connectivity index (χ3n) is 2.19. The van der Waals surface area contributed by atoms with E-state index in [-0.39, 0.29) is 11.7 Å². The van der Waals surface area contributed by atoms with Gasteiger partial charge in [-0.1, -0.05) is 34.8 Å². The minimum absolute atomic E-state index is 0.0973. The van der Waals surface area contributed by atoms with Crippen LogP contribution in [-0.4, -0.2) is 25.8 Å². The summed E-state index contributed by atoms with van der Waals surface area (Å²) >= 11 is 17.5. The Balaban J connectivity index is 2.11. The molecule has 9 heteroatoms. The quantitative estimate of drug-likeness (QED) is 0.663. The van der Waals surface area contributed by atoms with E-state index in [0.29, 0.717) is 0 Å². The molecule has 1 atom stereocenters. The number of alkyl halides is 3. The van der Waals surface area contributed by atoms with Gasteiger partial charge in [0.1, 0.15) is 6.17 Å². The zero-order valence-electron chi connectivity index (χ0n) is 9.89. The number of hydrogen-bond donors (Lipinski definition) is 2. The Morgan fingerprint density at radius 3 is 2.50 bits per heavy atom. The lowest BCUT2D eigenvalue weighted by atomic mass is 10.4. The summed E-state index contributed by atoms with van der Waals surface area (Å²) in [6, 6.07) is 4.70. The normalized spacial score (nSPS) is 12.8. The van der Waals surface area contributed by atoms with Crippen LogP contribution in [0.15, 0.2) is 41.3 Å². The number of rotatable bonds is 4. The predicted molar refractivity (Wildman–Crippen MR) is 75.9 cm³/mol. The molecule has 20 heavy (non-hydrogen) atoms. The number of amides is 1. The second-order valence-corrected chi connectivity index (χ2v) is 6.01. The van der Waals surface area contributed by atoms with Crippen molar-refractivity contribution in [2.45, 2.75) is 9.96 Å². The molecule has 0 aliphatic rings. The summed E-state index contributed by atoms with van der Waals surface area (Å²) in [5.41, 5.74) is 0. The number of nitrogens with zero attached hydrogens (tertiary/aromatic N) is 2. The van der Waals surface area contributed by atoms with Crippen molar-refractivity contribution in [1.29, 1.82) is 0 Å². The summed E-state index contributed by atoms with van der Waals surface area (Å²) in [5.74, 6) is -0.224. The fourth-order valence-corrected chi connectivity index (χ4v) is 1.64. The molecular weight excluding hydrogens is 327 g/mol. The van der Waals surface area contributed by atoms with Crippen molar-refractivity contribution in [3.05, 3.63) is 42.6 Å². The molecule has 0 saturated carbocycles. The maximum absolute atomic E-state index is 11.9. The monoisotopic (exact) mass is 334 g/mol. The average molecular weight is 336 g/mol. The molecule has 0 bridgehead atoms. The first kappa shape index (κ1) is 14.9. The van der Waals surface area contributed by atoms with E-state index in [9.17, 15) is 4.79 Å². The first-order chi connectivity index (χ1) is 9.47. The standard InChI is InChI=1S/C11H9Cl3N4O2/c12-11(13,14)9(18-10-15-4-2-5-16-10)17-8(19)7-3-1-6-20-7/h1-6,9H,(H,17,19)(H,15,16,18)/t9-/m0/s1. The van der Waals surface area contributed by atoms with E-state index in [1.54, 1.807) is 12.1 Å². The van der Waals surface area contributed by atoms with Crippen LogP contribution in [0.4, 0.5) is 5.95 Å². The minimum Gasteiger partial charge on any atom is -0.459 e. The van der Waals surface area contributed by atoms with Crippen LogP contribution >= 0.6 is 34.8 Å². The van der Waals surface area contributed by atoms with Crippen molar-refractivity contribution in [3.8, 4) is 0 Å². The third-order valence-corrected chi connectivity index (χ3v) is 2.84.